The number of para-hydroxylation sites is 1. The molecule has 0 heterocycles. The molecular weight excluding hydrogens is 464 g/mol. The highest BCUT2D eigenvalue weighted by molar-refractivity contribution is 7.86. The predicted molar refractivity (Wildman–Crippen MR) is 128 cm³/mol. The molecule has 2 aromatic carbocycles. The Balaban J connectivity index is 2.01. The highest BCUT2D eigenvalue weighted by atomic mass is 32.2. The number of rotatable bonds is 15. The lowest BCUT2D eigenvalue weighted by Gasteiger charge is -2.14. The van der Waals surface area contributed by atoms with Crippen LogP contribution < -0.4 is 4.74 Å². The first-order valence-corrected chi connectivity index (χ1v) is 14.4. The Kier molecular flexibility index (Phi) is 10.8. The first-order chi connectivity index (χ1) is 15.6. The summed E-state index contributed by atoms with van der Waals surface area (Å²) < 4.78 is 70.7. The summed E-state index contributed by atoms with van der Waals surface area (Å²) in [5, 5.41) is 0. The SMILES string of the molecule is CCCCCCCCCCCCc1cccc(S(=O)(=O)O)c1Oc1ccc(S(=O)(=O)O)cc1. The van der Waals surface area contributed by atoms with E-state index in [9.17, 15) is 21.4 Å². The molecule has 0 aliphatic heterocycles. The molecule has 9 heteroatoms. The normalized spacial score (nSPS) is 12.1. The number of unbranched alkanes of at least 4 members (excludes halogenated alkanes) is 9. The van der Waals surface area contributed by atoms with Crippen molar-refractivity contribution in [3.8, 4) is 11.5 Å². The lowest BCUT2D eigenvalue weighted by Crippen LogP contribution is -2.04. The van der Waals surface area contributed by atoms with Crippen molar-refractivity contribution in [2.45, 2.75) is 87.3 Å². The molecule has 33 heavy (non-hydrogen) atoms. The van der Waals surface area contributed by atoms with Crippen molar-refractivity contribution in [2.24, 2.45) is 0 Å². The molecule has 0 fully saturated rings. The van der Waals surface area contributed by atoms with Crippen LogP contribution in [0.2, 0.25) is 0 Å². The quantitative estimate of drug-likeness (QED) is 0.214. The van der Waals surface area contributed by atoms with Gasteiger partial charge in [-0.15, -0.1) is 0 Å². The zero-order valence-electron chi connectivity index (χ0n) is 19.1. The maximum absolute atomic E-state index is 11.9. The summed E-state index contributed by atoms with van der Waals surface area (Å²) in [6.45, 7) is 2.21. The minimum Gasteiger partial charge on any atom is -0.456 e. The van der Waals surface area contributed by atoms with Gasteiger partial charge in [-0.1, -0.05) is 76.8 Å². The van der Waals surface area contributed by atoms with Crippen LogP contribution in [-0.2, 0) is 26.7 Å². The predicted octanol–water partition coefficient (Wildman–Crippen LogP) is 6.44. The van der Waals surface area contributed by atoms with E-state index < -0.39 is 20.2 Å². The average molecular weight is 499 g/mol. The zero-order valence-corrected chi connectivity index (χ0v) is 20.7. The van der Waals surface area contributed by atoms with Gasteiger partial charge in [-0.3, -0.25) is 9.11 Å². The van der Waals surface area contributed by atoms with Gasteiger partial charge in [0.05, 0.1) is 4.90 Å². The second kappa shape index (κ2) is 13.1. The maximum Gasteiger partial charge on any atom is 0.298 e. The molecule has 0 saturated heterocycles. The first-order valence-electron chi connectivity index (χ1n) is 11.5. The molecule has 7 nitrogen and oxygen atoms in total. The zero-order chi connectivity index (χ0) is 24.3. The molecule has 0 atom stereocenters. The van der Waals surface area contributed by atoms with E-state index in [0.717, 1.165) is 31.4 Å². The second-order valence-electron chi connectivity index (χ2n) is 8.20. The Morgan fingerprint density at radius 3 is 1.76 bits per heavy atom. The number of benzene rings is 2. The van der Waals surface area contributed by atoms with Crippen LogP contribution >= 0.6 is 0 Å². The molecule has 0 aliphatic carbocycles. The van der Waals surface area contributed by atoms with E-state index in [0.29, 0.717) is 12.0 Å². The Labute approximate surface area is 197 Å². The highest BCUT2D eigenvalue weighted by Gasteiger charge is 2.21. The van der Waals surface area contributed by atoms with E-state index in [1.54, 1.807) is 12.1 Å². The van der Waals surface area contributed by atoms with Crippen molar-refractivity contribution in [2.75, 3.05) is 0 Å². The minimum absolute atomic E-state index is 0.0236. The summed E-state index contributed by atoms with van der Waals surface area (Å²) in [5.41, 5.74) is 0.642. The van der Waals surface area contributed by atoms with E-state index in [2.05, 4.69) is 6.92 Å². The van der Waals surface area contributed by atoms with Crippen LogP contribution in [0.15, 0.2) is 52.3 Å². The molecule has 0 amide bonds. The molecule has 0 unspecified atom stereocenters. The van der Waals surface area contributed by atoms with Gasteiger partial charge < -0.3 is 4.74 Å². The molecule has 0 aromatic heterocycles. The van der Waals surface area contributed by atoms with E-state index >= 15 is 0 Å². The third-order valence-corrected chi connectivity index (χ3v) is 7.22. The summed E-state index contributed by atoms with van der Waals surface area (Å²) in [4.78, 5) is -0.644. The van der Waals surface area contributed by atoms with Crippen molar-refractivity contribution < 1.29 is 30.7 Å². The number of hydrogen-bond donors (Lipinski definition) is 2. The fourth-order valence-corrected chi connectivity index (χ4v) is 4.82. The lowest BCUT2D eigenvalue weighted by molar-refractivity contribution is 0.443. The average Bonchev–Trinajstić information content (AvgIpc) is 2.75. The van der Waals surface area contributed by atoms with Gasteiger partial charge in [0.25, 0.3) is 20.2 Å². The van der Waals surface area contributed by atoms with Crippen LogP contribution in [0.4, 0.5) is 0 Å². The third-order valence-electron chi connectivity index (χ3n) is 5.48. The van der Waals surface area contributed by atoms with Gasteiger partial charge in [0, 0.05) is 0 Å². The van der Waals surface area contributed by atoms with Gasteiger partial charge in [0.1, 0.15) is 10.6 Å². The Hall–Kier alpha value is -1.94. The van der Waals surface area contributed by atoms with Crippen molar-refractivity contribution in [1.82, 2.24) is 0 Å². The molecule has 184 valence electrons. The Bertz CT molecular complexity index is 1080. The van der Waals surface area contributed by atoms with E-state index in [1.807, 2.05) is 0 Å². The fourth-order valence-electron chi connectivity index (χ4n) is 3.68. The van der Waals surface area contributed by atoms with E-state index in [-0.39, 0.29) is 21.3 Å². The van der Waals surface area contributed by atoms with Gasteiger partial charge in [0.2, 0.25) is 0 Å². The minimum atomic E-state index is -4.52. The first kappa shape index (κ1) is 27.3. The highest BCUT2D eigenvalue weighted by Crippen LogP contribution is 2.34. The van der Waals surface area contributed by atoms with Crippen molar-refractivity contribution >= 4 is 20.2 Å². The van der Waals surface area contributed by atoms with Crippen molar-refractivity contribution in [3.05, 3.63) is 48.0 Å². The summed E-state index contributed by atoms with van der Waals surface area (Å²) in [7, 11) is -8.87. The smallest absolute Gasteiger partial charge is 0.298 e. The van der Waals surface area contributed by atoms with Gasteiger partial charge in [-0.2, -0.15) is 16.8 Å². The summed E-state index contributed by atoms with van der Waals surface area (Å²) in [6, 6.07) is 9.51. The van der Waals surface area contributed by atoms with E-state index in [1.165, 1.54) is 63.1 Å². The van der Waals surface area contributed by atoms with Crippen LogP contribution in [0.3, 0.4) is 0 Å². The van der Waals surface area contributed by atoms with Crippen LogP contribution in [0.1, 0.15) is 76.7 Å². The molecule has 0 aliphatic rings. The Morgan fingerprint density at radius 1 is 0.697 bits per heavy atom. The fraction of sp³-hybridized carbons (Fsp3) is 0.500. The summed E-state index contributed by atoms with van der Waals surface area (Å²) >= 11 is 0. The van der Waals surface area contributed by atoms with Gasteiger partial charge in [-0.05, 0) is 48.7 Å². The molecule has 2 rings (SSSR count). The van der Waals surface area contributed by atoms with Gasteiger partial charge in [0.15, 0.2) is 5.75 Å². The Morgan fingerprint density at radius 2 is 1.24 bits per heavy atom. The van der Waals surface area contributed by atoms with Crippen LogP contribution in [0.5, 0.6) is 11.5 Å². The molecule has 2 N–H and O–H groups in total. The van der Waals surface area contributed by atoms with Gasteiger partial charge in [-0.25, -0.2) is 0 Å². The van der Waals surface area contributed by atoms with E-state index in [4.69, 9.17) is 9.29 Å². The lowest BCUT2D eigenvalue weighted by atomic mass is 10.0. The van der Waals surface area contributed by atoms with Crippen molar-refractivity contribution in [1.29, 1.82) is 0 Å². The molecule has 0 spiro atoms. The topological polar surface area (TPSA) is 118 Å². The number of hydrogen-bond acceptors (Lipinski definition) is 5. The number of ether oxygens (including phenoxy) is 1. The van der Waals surface area contributed by atoms with Crippen LogP contribution in [0, 0.1) is 0 Å². The molecular formula is C24H34O7S2. The van der Waals surface area contributed by atoms with Crippen LogP contribution in [-0.4, -0.2) is 25.9 Å². The summed E-state index contributed by atoms with van der Waals surface area (Å²) in [6.07, 6.45) is 12.4. The van der Waals surface area contributed by atoms with Gasteiger partial charge >= 0.3 is 0 Å². The molecule has 2 aromatic rings. The number of aryl methyl sites for hydroxylation is 1. The standard InChI is InChI=1S/C24H34O7S2/c1-2-3-4-5-6-7-8-9-10-11-13-20-14-12-15-23(33(28,29)30)24(20)31-21-16-18-22(19-17-21)32(25,26)27/h12,14-19H,2-11,13H2,1H3,(H,25,26,27)(H,28,29,30). The third kappa shape index (κ3) is 9.44. The second-order valence-corrected chi connectivity index (χ2v) is 11.0. The summed E-state index contributed by atoms with van der Waals surface area (Å²) in [5.74, 6) is 0.207. The van der Waals surface area contributed by atoms with Crippen molar-refractivity contribution in [3.63, 3.8) is 0 Å². The molecule has 0 bridgehead atoms. The monoisotopic (exact) mass is 498 g/mol. The maximum atomic E-state index is 11.9. The largest absolute Gasteiger partial charge is 0.456 e. The van der Waals surface area contributed by atoms with Crippen LogP contribution in [0.25, 0.3) is 0 Å². The molecule has 0 saturated carbocycles. The molecule has 0 radical (unpaired) electrons.